The Morgan fingerprint density at radius 3 is 0.938 bits per heavy atom. The fraction of sp³-hybridized carbons (Fsp3) is 0.738. The van der Waals surface area contributed by atoms with Crippen molar-refractivity contribution in [1.82, 2.24) is 0 Å². The van der Waals surface area contributed by atoms with E-state index in [1.54, 1.807) is 4.70 Å². The third-order valence-electron chi connectivity index (χ3n) is 13.5. The molecule has 2 aromatic rings. The first kappa shape index (κ1) is 58.3. The predicted molar refractivity (Wildman–Crippen MR) is 283 cm³/mol. The maximum absolute atomic E-state index is 12.3. The predicted octanol–water partition coefficient (Wildman–Crippen LogP) is 21.6. The number of aryl methyl sites for hydroxylation is 2. The van der Waals surface area contributed by atoms with Crippen LogP contribution in [0.25, 0.3) is 16.9 Å². The van der Waals surface area contributed by atoms with Crippen LogP contribution in [0.4, 0.5) is 0 Å². The van der Waals surface area contributed by atoms with Crippen molar-refractivity contribution in [2.24, 2.45) is 0 Å². The molecule has 0 unspecified atom stereocenters. The Morgan fingerprint density at radius 2 is 0.625 bits per heavy atom. The molecule has 0 N–H and O–H groups in total. The Morgan fingerprint density at radius 1 is 0.344 bits per heavy atom. The zero-order chi connectivity index (χ0) is 46.1. The quantitative estimate of drug-likeness (QED) is 0.0360. The molecule has 0 bridgehead atoms. The van der Waals surface area contributed by atoms with Crippen molar-refractivity contribution in [3.05, 3.63) is 87.5 Å². The van der Waals surface area contributed by atoms with Crippen LogP contribution in [0.15, 0.2) is 59.7 Å². The molecule has 1 heterocycles. The number of nitrogens with zero attached hydrogens (tertiary/aromatic N) is 2. The molecule has 0 aromatic heterocycles. The summed E-state index contributed by atoms with van der Waals surface area (Å²) in [5, 5.41) is 0. The first-order chi connectivity index (χ1) is 31.6. The molecule has 1 aliphatic heterocycles. The van der Waals surface area contributed by atoms with Crippen molar-refractivity contribution in [2.75, 3.05) is 0 Å². The zero-order valence-electron chi connectivity index (χ0n) is 43.4. The van der Waals surface area contributed by atoms with E-state index in [-0.39, 0.29) is 0 Å². The Labute approximate surface area is 408 Å². The van der Waals surface area contributed by atoms with Crippen molar-refractivity contribution in [3.63, 3.8) is 0 Å². The van der Waals surface area contributed by atoms with Gasteiger partial charge in [-0.15, -0.1) is 0 Å². The van der Waals surface area contributed by atoms with Crippen molar-refractivity contribution in [3.8, 4) is 0 Å². The van der Waals surface area contributed by atoms with E-state index in [0.717, 1.165) is 67.9 Å². The van der Waals surface area contributed by atoms with Crippen LogP contribution in [0.1, 0.15) is 289 Å². The molecule has 0 spiro atoms. The second kappa shape index (κ2) is 41.4. The standard InChI is InChI=1S/C57H94N2.2C2H5.Pd/c1-5-9-13-15-17-19-21-23-25-27-29-31-33-36-40-50-42-38-44-52(48-50)56-54(46-12-8-4)55(47-35-11-7-3)57(59(56)58)53-45-39-43-51(49-53)41-37-34-32-30-28-26-24-22-20-18-16-14-10-6-2;2*1-2;/h38-39,42-45,48-49H,5-37,40-41,46-47H2,1-4H3;2*1H2,2H3;. The van der Waals surface area contributed by atoms with Gasteiger partial charge < -0.3 is 5.53 Å². The van der Waals surface area contributed by atoms with Crippen molar-refractivity contribution < 1.29 is 22.7 Å². The van der Waals surface area contributed by atoms with E-state index in [0.29, 0.717) is 0 Å². The van der Waals surface area contributed by atoms with E-state index in [1.165, 1.54) is 242 Å². The van der Waals surface area contributed by atoms with Crippen LogP contribution in [0.5, 0.6) is 0 Å². The molecule has 64 heavy (non-hydrogen) atoms. The van der Waals surface area contributed by atoms with Crippen molar-refractivity contribution in [2.45, 2.75) is 289 Å². The Hall–Kier alpha value is -1.82. The number of unbranched alkanes of at least 4 members (excludes halogenated alkanes) is 29. The van der Waals surface area contributed by atoms with Gasteiger partial charge in [-0.3, -0.25) is 0 Å². The van der Waals surface area contributed by atoms with E-state index in [9.17, 15) is 5.53 Å². The number of hydrogen-bond donors (Lipinski definition) is 0. The molecule has 368 valence electrons. The summed E-state index contributed by atoms with van der Waals surface area (Å²) >= 11 is 1.04. The molecule has 3 heteroatoms. The van der Waals surface area contributed by atoms with Crippen LogP contribution in [-0.4, -0.2) is 4.70 Å². The third-order valence-corrected chi connectivity index (χ3v) is 15.1. The molecule has 0 radical (unpaired) electrons. The van der Waals surface area contributed by atoms with Gasteiger partial charge in [-0.25, -0.2) is 4.70 Å². The van der Waals surface area contributed by atoms with Gasteiger partial charge in [-0.05, 0) is 86.8 Å². The van der Waals surface area contributed by atoms with E-state index in [2.05, 4.69) is 90.1 Å². The molecule has 2 aromatic carbocycles. The Bertz CT molecular complexity index is 1480. The van der Waals surface area contributed by atoms with Crippen LogP contribution in [0, 0.1) is 0 Å². The van der Waals surface area contributed by atoms with Gasteiger partial charge in [-0.1, -0.05) is 238 Å². The second-order valence-electron chi connectivity index (χ2n) is 19.2. The van der Waals surface area contributed by atoms with Crippen LogP contribution in [0.2, 0.25) is 9.79 Å². The molecule has 2 nitrogen and oxygen atoms in total. The molecule has 0 saturated heterocycles. The van der Waals surface area contributed by atoms with Crippen LogP contribution < -0.4 is 0 Å². The minimum atomic E-state index is 1.02. The monoisotopic (exact) mass is 971 g/mol. The summed E-state index contributed by atoms with van der Waals surface area (Å²) in [5.41, 5.74) is 22.3. The fourth-order valence-electron chi connectivity index (χ4n) is 9.64. The molecule has 0 saturated carbocycles. The number of allylic oxidation sites excluding steroid dienone is 2. The van der Waals surface area contributed by atoms with E-state index < -0.39 is 0 Å². The van der Waals surface area contributed by atoms with Gasteiger partial charge in [-0.2, -0.15) is 0 Å². The average Bonchev–Trinajstić information content (AvgIpc) is 3.59. The van der Waals surface area contributed by atoms with Gasteiger partial charge in [0.25, 0.3) is 0 Å². The van der Waals surface area contributed by atoms with Crippen LogP contribution >= 0.6 is 0 Å². The molecule has 3 rings (SSSR count). The summed E-state index contributed by atoms with van der Waals surface area (Å²) < 4.78 is 1.61. The summed E-state index contributed by atoms with van der Waals surface area (Å²) in [6.45, 7) is 13.7. The Balaban J connectivity index is 0.00000266. The summed E-state index contributed by atoms with van der Waals surface area (Å²) in [5.74, 6) is 0. The fourth-order valence-corrected chi connectivity index (χ4v) is 10.4. The third kappa shape index (κ3) is 26.5. The van der Waals surface area contributed by atoms with Crippen LogP contribution in [-0.2, 0) is 30.8 Å². The van der Waals surface area contributed by atoms with E-state index in [4.69, 9.17) is 0 Å². The van der Waals surface area contributed by atoms with Crippen molar-refractivity contribution in [1.29, 1.82) is 0 Å². The Kier molecular flexibility index (Phi) is 37.7. The number of benzene rings is 2. The van der Waals surface area contributed by atoms with Gasteiger partial charge in [0.15, 0.2) is 0 Å². The van der Waals surface area contributed by atoms with Gasteiger partial charge in [0.2, 0.25) is 11.4 Å². The minimum absolute atomic E-state index is 1.02. The van der Waals surface area contributed by atoms with Crippen molar-refractivity contribution >= 4 is 11.4 Å². The zero-order valence-corrected chi connectivity index (χ0v) is 45.0. The summed E-state index contributed by atoms with van der Waals surface area (Å²) in [7, 11) is 0. The molecule has 0 atom stereocenters. The van der Waals surface area contributed by atoms with Gasteiger partial charge in [0, 0.05) is 22.3 Å². The molecule has 1 aliphatic rings. The average molecular weight is 972 g/mol. The summed E-state index contributed by atoms with van der Waals surface area (Å²) in [4.78, 5) is 2.79. The number of rotatable bonds is 41. The summed E-state index contributed by atoms with van der Waals surface area (Å²) in [6.07, 6.45) is 49.3. The van der Waals surface area contributed by atoms with E-state index >= 15 is 0 Å². The van der Waals surface area contributed by atoms with Gasteiger partial charge in [0.1, 0.15) is 0 Å². The molecular weight excluding hydrogens is 867 g/mol. The topological polar surface area (TPSA) is 25.3 Å². The molecule has 0 aliphatic carbocycles. The first-order valence-corrected chi connectivity index (χ1v) is 30.3. The SMILES string of the molecule is CCCCCCCCCCCCCCCCc1cccc(C2=C(CCCC)C(CCCCC)=C(c3cccc(CCCCCCCCCCCCCCCC)c3)[N+]2=[N-])c1.C[CH2][Pd][CH2]C. The first-order valence-electron chi connectivity index (χ1n) is 28.1. The summed E-state index contributed by atoms with van der Waals surface area (Å²) in [6, 6.07) is 18.4. The molecule has 0 amide bonds. The van der Waals surface area contributed by atoms with Crippen LogP contribution in [0.3, 0.4) is 0 Å². The van der Waals surface area contributed by atoms with Gasteiger partial charge in [0.05, 0.1) is 0 Å². The number of hydrogen-bond acceptors (Lipinski definition) is 0. The van der Waals surface area contributed by atoms with Gasteiger partial charge >= 0.3 is 41.6 Å². The normalized spacial score (nSPS) is 12.8. The second-order valence-corrected chi connectivity index (χ2v) is 22.2. The molecule has 0 fully saturated rings. The maximum atomic E-state index is 12.3. The van der Waals surface area contributed by atoms with E-state index in [1.807, 2.05) is 0 Å². The molecular formula is C61H104N2Pd.